The number of nitrogens with zero attached hydrogens (tertiary/aromatic N) is 2. The van der Waals surface area contributed by atoms with E-state index in [1.54, 1.807) is 11.3 Å². The fourth-order valence-corrected chi connectivity index (χ4v) is 2.69. The van der Waals surface area contributed by atoms with Crippen LogP contribution in [0.1, 0.15) is 24.0 Å². The summed E-state index contributed by atoms with van der Waals surface area (Å²) in [5.41, 5.74) is 2.76. The van der Waals surface area contributed by atoms with E-state index in [9.17, 15) is 5.11 Å². The third kappa shape index (κ3) is 2.18. The van der Waals surface area contributed by atoms with E-state index in [0.29, 0.717) is 11.8 Å². The van der Waals surface area contributed by atoms with Crippen molar-refractivity contribution in [2.75, 3.05) is 5.32 Å². The van der Waals surface area contributed by atoms with Crippen molar-refractivity contribution in [3.8, 4) is 16.3 Å². The van der Waals surface area contributed by atoms with Gasteiger partial charge in [0.15, 0.2) is 0 Å². The van der Waals surface area contributed by atoms with Gasteiger partial charge in [0.05, 0.1) is 0 Å². The number of rotatable bonds is 3. The highest BCUT2D eigenvalue weighted by atomic mass is 32.1. The van der Waals surface area contributed by atoms with Gasteiger partial charge in [-0.25, -0.2) is 0 Å². The number of hydrogen-bond acceptors (Lipinski definition) is 5. The Bertz CT molecular complexity index is 567. The van der Waals surface area contributed by atoms with Gasteiger partial charge in [-0.05, 0) is 49.9 Å². The Hall–Kier alpha value is -1.62. The van der Waals surface area contributed by atoms with Crippen LogP contribution in [0, 0.1) is 13.8 Å². The van der Waals surface area contributed by atoms with Crippen molar-refractivity contribution in [3.05, 3.63) is 23.3 Å². The first-order valence-corrected chi connectivity index (χ1v) is 6.86. The molecule has 1 fully saturated rings. The molecule has 0 amide bonds. The van der Waals surface area contributed by atoms with Gasteiger partial charge in [-0.2, -0.15) is 0 Å². The molecule has 0 radical (unpaired) electrons. The summed E-state index contributed by atoms with van der Waals surface area (Å²) in [5.74, 6) is 0.361. The summed E-state index contributed by atoms with van der Waals surface area (Å²) in [6.45, 7) is 3.80. The molecule has 1 aliphatic rings. The van der Waals surface area contributed by atoms with Crippen LogP contribution in [0.2, 0.25) is 0 Å². The lowest BCUT2D eigenvalue weighted by Crippen LogP contribution is -1.99. The lowest BCUT2D eigenvalue weighted by molar-refractivity contribution is 0.467. The van der Waals surface area contributed by atoms with Gasteiger partial charge in [0.1, 0.15) is 10.8 Å². The highest BCUT2D eigenvalue weighted by Gasteiger charge is 2.22. The number of aromatic nitrogens is 2. The van der Waals surface area contributed by atoms with E-state index < -0.39 is 0 Å². The van der Waals surface area contributed by atoms with Gasteiger partial charge in [-0.15, -0.1) is 10.2 Å². The Morgan fingerprint density at radius 2 is 1.89 bits per heavy atom. The number of nitrogens with one attached hydrogen (secondary N) is 1. The molecule has 4 nitrogen and oxygen atoms in total. The molecule has 1 saturated carbocycles. The summed E-state index contributed by atoms with van der Waals surface area (Å²) in [6, 6.07) is 4.49. The van der Waals surface area contributed by atoms with E-state index in [0.717, 1.165) is 26.8 Å². The summed E-state index contributed by atoms with van der Waals surface area (Å²) in [5, 5.41) is 23.2. The summed E-state index contributed by atoms with van der Waals surface area (Å²) >= 11 is 1.56. The quantitative estimate of drug-likeness (QED) is 0.891. The summed E-state index contributed by atoms with van der Waals surface area (Å²) in [6.07, 6.45) is 2.46. The van der Waals surface area contributed by atoms with Crippen molar-refractivity contribution >= 4 is 16.5 Å². The first-order valence-electron chi connectivity index (χ1n) is 6.04. The van der Waals surface area contributed by atoms with Gasteiger partial charge in [-0.3, -0.25) is 0 Å². The first kappa shape index (κ1) is 11.5. The fourth-order valence-electron chi connectivity index (χ4n) is 1.88. The molecule has 0 spiro atoms. The van der Waals surface area contributed by atoms with Crippen molar-refractivity contribution in [1.29, 1.82) is 0 Å². The second kappa shape index (κ2) is 4.24. The van der Waals surface area contributed by atoms with E-state index >= 15 is 0 Å². The average Bonchev–Trinajstić information content (AvgIpc) is 3.01. The van der Waals surface area contributed by atoms with Crippen molar-refractivity contribution in [3.63, 3.8) is 0 Å². The number of hydrogen-bond donors (Lipinski definition) is 2. The third-order valence-corrected chi connectivity index (χ3v) is 3.97. The predicted octanol–water partition coefficient (Wildman–Crippen LogP) is 3.10. The minimum atomic E-state index is 0.361. The van der Waals surface area contributed by atoms with Crippen LogP contribution in [0.3, 0.4) is 0 Å². The molecule has 0 unspecified atom stereocenters. The van der Waals surface area contributed by atoms with Crippen LogP contribution in [0.4, 0.5) is 5.13 Å². The minimum Gasteiger partial charge on any atom is -0.507 e. The second-order valence-electron chi connectivity index (χ2n) is 4.79. The molecule has 1 aromatic heterocycles. The van der Waals surface area contributed by atoms with E-state index in [1.165, 1.54) is 12.8 Å². The lowest BCUT2D eigenvalue weighted by Gasteiger charge is -2.05. The van der Waals surface area contributed by atoms with Crippen molar-refractivity contribution in [1.82, 2.24) is 10.2 Å². The van der Waals surface area contributed by atoms with Gasteiger partial charge in [0.25, 0.3) is 0 Å². The molecule has 0 atom stereocenters. The Labute approximate surface area is 110 Å². The van der Waals surface area contributed by atoms with Crippen molar-refractivity contribution < 1.29 is 5.11 Å². The zero-order chi connectivity index (χ0) is 12.7. The number of aryl methyl sites for hydroxylation is 2. The highest BCUT2D eigenvalue weighted by molar-refractivity contribution is 7.18. The summed E-state index contributed by atoms with van der Waals surface area (Å²) in [4.78, 5) is 0. The van der Waals surface area contributed by atoms with Crippen LogP contribution in [-0.2, 0) is 0 Å². The molecule has 18 heavy (non-hydrogen) atoms. The standard InChI is InChI=1S/C13H15N3OS/c1-7-5-9(6-8(2)11(7)17)12-15-16-13(18-12)14-10-3-4-10/h5-6,10,17H,3-4H2,1-2H3,(H,14,16). The van der Waals surface area contributed by atoms with Gasteiger partial charge in [-0.1, -0.05) is 11.3 Å². The third-order valence-electron chi connectivity index (χ3n) is 3.07. The average molecular weight is 261 g/mol. The Morgan fingerprint density at radius 1 is 1.22 bits per heavy atom. The monoisotopic (exact) mass is 261 g/mol. The fraction of sp³-hybridized carbons (Fsp3) is 0.385. The van der Waals surface area contributed by atoms with Crippen LogP contribution in [0.5, 0.6) is 5.75 Å². The van der Waals surface area contributed by atoms with Gasteiger partial charge < -0.3 is 10.4 Å². The zero-order valence-corrected chi connectivity index (χ0v) is 11.2. The highest BCUT2D eigenvalue weighted by Crippen LogP contribution is 2.33. The Balaban J connectivity index is 1.91. The van der Waals surface area contributed by atoms with Crippen molar-refractivity contribution in [2.24, 2.45) is 0 Å². The maximum absolute atomic E-state index is 9.77. The number of phenols is 1. The van der Waals surface area contributed by atoms with E-state index in [2.05, 4.69) is 15.5 Å². The zero-order valence-electron chi connectivity index (χ0n) is 10.4. The smallest absolute Gasteiger partial charge is 0.206 e. The largest absolute Gasteiger partial charge is 0.507 e. The normalized spacial score (nSPS) is 14.8. The predicted molar refractivity (Wildman–Crippen MR) is 73.1 cm³/mol. The lowest BCUT2D eigenvalue weighted by atomic mass is 10.1. The summed E-state index contributed by atoms with van der Waals surface area (Å²) in [7, 11) is 0. The number of aromatic hydroxyl groups is 1. The molecular formula is C13H15N3OS. The molecule has 0 saturated heterocycles. The van der Waals surface area contributed by atoms with Crippen LogP contribution in [-0.4, -0.2) is 21.3 Å². The van der Waals surface area contributed by atoms with Gasteiger partial charge >= 0.3 is 0 Å². The molecule has 3 rings (SSSR count). The molecule has 0 aliphatic heterocycles. The minimum absolute atomic E-state index is 0.361. The number of benzene rings is 1. The number of anilines is 1. The van der Waals surface area contributed by atoms with E-state index in [4.69, 9.17) is 0 Å². The van der Waals surface area contributed by atoms with Crippen LogP contribution < -0.4 is 5.32 Å². The Kier molecular flexibility index (Phi) is 2.70. The molecule has 1 heterocycles. The Morgan fingerprint density at radius 3 is 2.50 bits per heavy atom. The maximum Gasteiger partial charge on any atom is 0.206 e. The summed E-state index contributed by atoms with van der Waals surface area (Å²) < 4.78 is 0. The molecule has 94 valence electrons. The maximum atomic E-state index is 9.77. The molecule has 0 bridgehead atoms. The van der Waals surface area contributed by atoms with Gasteiger partial charge in [0.2, 0.25) is 5.13 Å². The first-order chi connectivity index (χ1) is 8.63. The molecule has 2 aromatic rings. The van der Waals surface area contributed by atoms with Crippen LogP contribution >= 0.6 is 11.3 Å². The molecule has 2 N–H and O–H groups in total. The topological polar surface area (TPSA) is 58.0 Å². The van der Waals surface area contributed by atoms with Gasteiger partial charge in [0, 0.05) is 11.6 Å². The molecule has 1 aromatic carbocycles. The van der Waals surface area contributed by atoms with Crippen LogP contribution in [0.25, 0.3) is 10.6 Å². The molecule has 5 heteroatoms. The number of phenolic OH excluding ortho intramolecular Hbond substituents is 1. The molecular weight excluding hydrogens is 246 g/mol. The van der Waals surface area contributed by atoms with Crippen molar-refractivity contribution in [2.45, 2.75) is 32.7 Å². The molecule has 1 aliphatic carbocycles. The second-order valence-corrected chi connectivity index (χ2v) is 5.77. The van der Waals surface area contributed by atoms with Crippen LogP contribution in [0.15, 0.2) is 12.1 Å². The van der Waals surface area contributed by atoms with E-state index in [1.807, 2.05) is 26.0 Å². The van der Waals surface area contributed by atoms with E-state index in [-0.39, 0.29) is 0 Å². The SMILES string of the molecule is Cc1cc(-c2nnc(NC3CC3)s2)cc(C)c1O.